The first-order chi connectivity index (χ1) is 14.5. The Morgan fingerprint density at radius 3 is 2.47 bits per heavy atom. The zero-order chi connectivity index (χ0) is 21.1. The molecule has 7 heteroatoms. The van der Waals surface area contributed by atoms with Gasteiger partial charge in [0.1, 0.15) is 5.69 Å². The van der Waals surface area contributed by atoms with E-state index < -0.39 is 0 Å². The summed E-state index contributed by atoms with van der Waals surface area (Å²) >= 11 is 0. The first-order valence-corrected chi connectivity index (χ1v) is 9.77. The van der Waals surface area contributed by atoms with Crippen molar-refractivity contribution < 1.29 is 4.79 Å². The van der Waals surface area contributed by atoms with E-state index in [9.17, 15) is 9.59 Å². The monoisotopic (exact) mass is 401 g/mol. The third kappa shape index (κ3) is 3.82. The van der Waals surface area contributed by atoms with Crippen molar-refractivity contribution in [3.05, 3.63) is 88.5 Å². The van der Waals surface area contributed by atoms with Gasteiger partial charge in [-0.05, 0) is 24.6 Å². The number of rotatable bonds is 6. The lowest BCUT2D eigenvalue weighted by molar-refractivity contribution is 0.0949. The predicted molar refractivity (Wildman–Crippen MR) is 118 cm³/mol. The summed E-state index contributed by atoms with van der Waals surface area (Å²) in [7, 11) is 1.97. The van der Waals surface area contributed by atoms with Gasteiger partial charge in [0.15, 0.2) is 5.65 Å². The van der Waals surface area contributed by atoms with Crippen LogP contribution in [-0.2, 0) is 0 Å². The quantitative estimate of drug-likeness (QED) is 0.521. The van der Waals surface area contributed by atoms with Crippen molar-refractivity contribution in [2.75, 3.05) is 25.0 Å². The molecule has 0 aliphatic carbocycles. The van der Waals surface area contributed by atoms with Gasteiger partial charge in [-0.15, -0.1) is 0 Å². The van der Waals surface area contributed by atoms with Crippen LogP contribution in [0.5, 0.6) is 0 Å². The third-order valence-electron chi connectivity index (χ3n) is 5.02. The normalized spacial score (nSPS) is 10.9. The molecular weight excluding hydrogens is 378 g/mol. The number of amides is 1. The molecule has 0 spiro atoms. The number of nitrogens with one attached hydrogen (secondary N) is 2. The molecule has 0 saturated carbocycles. The van der Waals surface area contributed by atoms with E-state index in [0.717, 1.165) is 22.5 Å². The average Bonchev–Trinajstić information content (AvgIpc) is 3.11. The molecule has 2 N–H and O–H groups in total. The van der Waals surface area contributed by atoms with Crippen LogP contribution in [0.3, 0.4) is 0 Å². The zero-order valence-corrected chi connectivity index (χ0v) is 16.9. The van der Waals surface area contributed by atoms with Crippen LogP contribution >= 0.6 is 0 Å². The smallest absolute Gasteiger partial charge is 0.273 e. The summed E-state index contributed by atoms with van der Waals surface area (Å²) in [5.74, 6) is -0.367. The molecule has 4 aromatic rings. The second kappa shape index (κ2) is 8.24. The Kier molecular flexibility index (Phi) is 5.34. The van der Waals surface area contributed by atoms with Crippen LogP contribution in [-0.4, -0.2) is 40.6 Å². The fourth-order valence-electron chi connectivity index (χ4n) is 3.46. The molecule has 0 bridgehead atoms. The topological polar surface area (TPSA) is 82.5 Å². The Bertz CT molecular complexity index is 1230. The summed E-state index contributed by atoms with van der Waals surface area (Å²) < 4.78 is 1.37. The van der Waals surface area contributed by atoms with Crippen molar-refractivity contribution in [3.63, 3.8) is 0 Å². The number of aromatic nitrogens is 3. The molecule has 30 heavy (non-hydrogen) atoms. The second-order valence-electron chi connectivity index (χ2n) is 7.13. The number of carbonyl (C=O) groups excluding carboxylic acids is 1. The van der Waals surface area contributed by atoms with E-state index in [4.69, 9.17) is 0 Å². The van der Waals surface area contributed by atoms with Crippen molar-refractivity contribution in [2.24, 2.45) is 0 Å². The van der Waals surface area contributed by atoms with E-state index >= 15 is 0 Å². The lowest BCUT2D eigenvalue weighted by Crippen LogP contribution is -2.34. The number of benzene rings is 2. The summed E-state index contributed by atoms with van der Waals surface area (Å²) in [6.45, 7) is 2.95. The summed E-state index contributed by atoms with van der Waals surface area (Å²) in [4.78, 5) is 31.8. The van der Waals surface area contributed by atoms with Gasteiger partial charge in [-0.1, -0.05) is 48.5 Å². The number of hydrogen-bond donors (Lipinski definition) is 2. The van der Waals surface area contributed by atoms with Gasteiger partial charge >= 0.3 is 0 Å². The maximum Gasteiger partial charge on any atom is 0.273 e. The maximum atomic E-state index is 12.7. The van der Waals surface area contributed by atoms with Crippen molar-refractivity contribution in [2.45, 2.75) is 6.92 Å². The minimum atomic E-state index is -0.367. The van der Waals surface area contributed by atoms with Gasteiger partial charge in [-0.3, -0.25) is 14.7 Å². The van der Waals surface area contributed by atoms with Crippen LogP contribution in [0.1, 0.15) is 16.2 Å². The predicted octanol–water partition coefficient (Wildman–Crippen LogP) is 2.86. The highest BCUT2D eigenvalue weighted by Crippen LogP contribution is 2.26. The summed E-state index contributed by atoms with van der Waals surface area (Å²) in [6.07, 6.45) is 0. The van der Waals surface area contributed by atoms with Gasteiger partial charge in [-0.25, -0.2) is 9.50 Å². The number of H-pyrrole nitrogens is 1. The van der Waals surface area contributed by atoms with Crippen molar-refractivity contribution >= 4 is 17.2 Å². The molecule has 0 unspecified atom stereocenters. The van der Waals surface area contributed by atoms with Crippen LogP contribution in [0.25, 0.3) is 16.8 Å². The molecular formula is C23H23N5O2. The van der Waals surface area contributed by atoms with Gasteiger partial charge < -0.3 is 10.2 Å². The molecule has 2 aromatic carbocycles. The molecule has 2 heterocycles. The molecule has 0 aliphatic heterocycles. The number of anilines is 1. The number of aromatic amines is 1. The molecule has 0 fully saturated rings. The van der Waals surface area contributed by atoms with Gasteiger partial charge in [-0.2, -0.15) is 0 Å². The maximum absolute atomic E-state index is 12.7. The van der Waals surface area contributed by atoms with Crippen molar-refractivity contribution in [1.82, 2.24) is 19.9 Å². The van der Waals surface area contributed by atoms with E-state index in [1.165, 1.54) is 10.6 Å². The SMILES string of the molecule is Cc1[nH]n2c(=O)cc(C(=O)NCCN(C)c3ccccc3)nc2c1-c1ccccc1. The second-order valence-corrected chi connectivity index (χ2v) is 7.13. The van der Waals surface area contributed by atoms with E-state index in [0.29, 0.717) is 18.7 Å². The summed E-state index contributed by atoms with van der Waals surface area (Å²) in [6, 6.07) is 20.9. The fraction of sp³-hybridized carbons (Fsp3) is 0.174. The first kappa shape index (κ1) is 19.4. The standard InChI is InChI=1S/C23H23N5O2/c1-16-21(17-9-5-3-6-10-17)22-25-19(15-20(29)28(22)26-16)23(30)24-13-14-27(2)18-11-7-4-8-12-18/h3-12,15,26H,13-14H2,1-2H3,(H,24,30). The highest BCUT2D eigenvalue weighted by atomic mass is 16.2. The van der Waals surface area contributed by atoms with Crippen LogP contribution < -0.4 is 15.8 Å². The Hall–Kier alpha value is -3.87. The van der Waals surface area contributed by atoms with E-state index in [1.54, 1.807) is 0 Å². The number of para-hydroxylation sites is 1. The molecule has 2 aromatic heterocycles. The van der Waals surface area contributed by atoms with E-state index in [-0.39, 0.29) is 17.2 Å². The molecule has 0 radical (unpaired) electrons. The van der Waals surface area contributed by atoms with Gasteiger partial charge in [0.2, 0.25) is 0 Å². The number of carbonyl (C=O) groups is 1. The number of fused-ring (bicyclic) bond motifs is 1. The fourth-order valence-corrected chi connectivity index (χ4v) is 3.46. The van der Waals surface area contributed by atoms with Crippen molar-refractivity contribution in [1.29, 1.82) is 0 Å². The Morgan fingerprint density at radius 1 is 1.10 bits per heavy atom. The largest absolute Gasteiger partial charge is 0.373 e. The molecule has 0 aliphatic rings. The molecule has 0 saturated heterocycles. The highest BCUT2D eigenvalue weighted by Gasteiger charge is 2.17. The molecule has 1 amide bonds. The van der Waals surface area contributed by atoms with Gasteiger partial charge in [0.25, 0.3) is 11.5 Å². The lowest BCUT2D eigenvalue weighted by Gasteiger charge is -2.19. The van der Waals surface area contributed by atoms with E-state index in [2.05, 4.69) is 20.3 Å². The Morgan fingerprint density at radius 2 is 1.77 bits per heavy atom. The first-order valence-electron chi connectivity index (χ1n) is 9.77. The number of aryl methyl sites for hydroxylation is 1. The minimum absolute atomic E-state index is 0.110. The molecule has 0 atom stereocenters. The number of hydrogen-bond acceptors (Lipinski definition) is 4. The summed E-state index contributed by atoms with van der Waals surface area (Å²) in [5.41, 5.74) is 3.86. The Balaban J connectivity index is 1.55. The van der Waals surface area contributed by atoms with Crippen LogP contribution in [0.15, 0.2) is 71.5 Å². The molecule has 152 valence electrons. The number of nitrogens with zero attached hydrogens (tertiary/aromatic N) is 3. The van der Waals surface area contributed by atoms with Crippen LogP contribution in [0, 0.1) is 6.92 Å². The van der Waals surface area contributed by atoms with Gasteiger partial charge in [0.05, 0.1) is 0 Å². The van der Waals surface area contributed by atoms with Gasteiger partial charge in [0, 0.05) is 43.1 Å². The third-order valence-corrected chi connectivity index (χ3v) is 5.02. The molecule has 4 rings (SSSR count). The zero-order valence-electron chi connectivity index (χ0n) is 16.9. The number of likely N-dealkylation sites (N-methyl/N-ethyl adjacent to an activating group) is 1. The Labute approximate surface area is 174 Å². The van der Waals surface area contributed by atoms with Crippen LogP contribution in [0.4, 0.5) is 5.69 Å². The average molecular weight is 401 g/mol. The molecule has 7 nitrogen and oxygen atoms in total. The summed E-state index contributed by atoms with van der Waals surface area (Å²) in [5, 5.41) is 5.90. The van der Waals surface area contributed by atoms with Crippen molar-refractivity contribution in [3.8, 4) is 11.1 Å². The minimum Gasteiger partial charge on any atom is -0.373 e. The lowest BCUT2D eigenvalue weighted by atomic mass is 10.1. The van der Waals surface area contributed by atoms with E-state index in [1.807, 2.05) is 74.6 Å². The van der Waals surface area contributed by atoms with Crippen LogP contribution in [0.2, 0.25) is 0 Å². The highest BCUT2D eigenvalue weighted by molar-refractivity contribution is 5.93.